The van der Waals surface area contributed by atoms with Crippen molar-refractivity contribution in [3.8, 4) is 5.75 Å². The van der Waals surface area contributed by atoms with E-state index in [-0.39, 0.29) is 6.10 Å². The average molecular weight is 286 g/mol. The maximum atomic E-state index is 5.67. The highest BCUT2D eigenvalue weighted by Gasteiger charge is 2.07. The molecule has 1 aromatic carbocycles. The Bertz CT molecular complexity index is 543. The fourth-order valence-corrected chi connectivity index (χ4v) is 2.40. The number of ether oxygens (including phenoxy) is 1. The van der Waals surface area contributed by atoms with Crippen molar-refractivity contribution < 1.29 is 4.74 Å². The number of nitrogens with one attached hydrogen (secondary N) is 1. The van der Waals surface area contributed by atoms with Crippen LogP contribution in [0.25, 0.3) is 0 Å². The Labute approximate surface area is 127 Å². The SMILES string of the molecule is CCn1cccc1CNC(C)c1ccc(OC(C)C)cc1. The Morgan fingerprint density at radius 3 is 2.43 bits per heavy atom. The standard InChI is InChI=1S/C18H26N2O/c1-5-20-12-6-7-17(20)13-19-15(4)16-8-10-18(11-9-16)21-14(2)3/h6-12,14-15,19H,5,13H2,1-4H3. The molecule has 0 saturated carbocycles. The van der Waals surface area contributed by atoms with E-state index in [0.29, 0.717) is 6.04 Å². The van der Waals surface area contributed by atoms with Gasteiger partial charge in [0.25, 0.3) is 0 Å². The zero-order chi connectivity index (χ0) is 15.2. The van der Waals surface area contributed by atoms with Crippen molar-refractivity contribution in [3.05, 3.63) is 53.9 Å². The average Bonchev–Trinajstić information content (AvgIpc) is 2.92. The number of hydrogen-bond acceptors (Lipinski definition) is 2. The van der Waals surface area contributed by atoms with Crippen LogP contribution in [0.2, 0.25) is 0 Å². The van der Waals surface area contributed by atoms with Crippen LogP contribution in [0.4, 0.5) is 0 Å². The van der Waals surface area contributed by atoms with Gasteiger partial charge < -0.3 is 14.6 Å². The van der Waals surface area contributed by atoms with Crippen LogP contribution in [0.5, 0.6) is 5.75 Å². The smallest absolute Gasteiger partial charge is 0.119 e. The fourth-order valence-electron chi connectivity index (χ4n) is 2.40. The van der Waals surface area contributed by atoms with Gasteiger partial charge in [-0.25, -0.2) is 0 Å². The van der Waals surface area contributed by atoms with E-state index in [1.165, 1.54) is 11.3 Å². The van der Waals surface area contributed by atoms with Gasteiger partial charge in [-0.2, -0.15) is 0 Å². The second kappa shape index (κ2) is 7.32. The Balaban J connectivity index is 1.92. The summed E-state index contributed by atoms with van der Waals surface area (Å²) in [6.07, 6.45) is 2.34. The van der Waals surface area contributed by atoms with Crippen LogP contribution in [0.1, 0.15) is 45.0 Å². The third-order valence-electron chi connectivity index (χ3n) is 3.61. The Morgan fingerprint density at radius 2 is 1.81 bits per heavy atom. The molecular weight excluding hydrogens is 260 g/mol. The Kier molecular flexibility index (Phi) is 5.45. The summed E-state index contributed by atoms with van der Waals surface area (Å²) in [6, 6.07) is 12.9. The van der Waals surface area contributed by atoms with Crippen LogP contribution in [-0.4, -0.2) is 10.7 Å². The first-order valence-electron chi connectivity index (χ1n) is 7.74. The predicted octanol–water partition coefficient (Wildman–Crippen LogP) is 4.15. The van der Waals surface area contributed by atoms with Gasteiger partial charge in [0.1, 0.15) is 5.75 Å². The van der Waals surface area contributed by atoms with Crippen LogP contribution in [0, 0.1) is 0 Å². The summed E-state index contributed by atoms with van der Waals surface area (Å²) in [5.41, 5.74) is 2.60. The first-order chi connectivity index (χ1) is 10.1. The van der Waals surface area contributed by atoms with Crippen LogP contribution < -0.4 is 10.1 Å². The van der Waals surface area contributed by atoms with E-state index in [4.69, 9.17) is 4.74 Å². The molecule has 1 aromatic heterocycles. The molecule has 21 heavy (non-hydrogen) atoms. The van der Waals surface area contributed by atoms with Crippen LogP contribution >= 0.6 is 0 Å². The quantitative estimate of drug-likeness (QED) is 0.827. The summed E-state index contributed by atoms with van der Waals surface area (Å²) in [5, 5.41) is 3.57. The number of aryl methyl sites for hydroxylation is 1. The summed E-state index contributed by atoms with van der Waals surface area (Å²) in [7, 11) is 0. The molecule has 0 aliphatic rings. The third kappa shape index (κ3) is 4.36. The second-order valence-corrected chi connectivity index (χ2v) is 5.62. The molecule has 1 unspecified atom stereocenters. The van der Waals surface area contributed by atoms with Crippen molar-refractivity contribution in [1.82, 2.24) is 9.88 Å². The van der Waals surface area contributed by atoms with Gasteiger partial charge in [0, 0.05) is 31.0 Å². The van der Waals surface area contributed by atoms with Crippen molar-refractivity contribution in [2.75, 3.05) is 0 Å². The van der Waals surface area contributed by atoms with Gasteiger partial charge in [0.15, 0.2) is 0 Å². The molecule has 2 aromatic rings. The van der Waals surface area contributed by atoms with Crippen molar-refractivity contribution in [1.29, 1.82) is 0 Å². The minimum atomic E-state index is 0.216. The Morgan fingerprint density at radius 1 is 1.10 bits per heavy atom. The highest BCUT2D eigenvalue weighted by Crippen LogP contribution is 2.19. The maximum Gasteiger partial charge on any atom is 0.119 e. The first-order valence-corrected chi connectivity index (χ1v) is 7.74. The molecule has 1 N–H and O–H groups in total. The molecule has 1 heterocycles. The molecule has 0 spiro atoms. The lowest BCUT2D eigenvalue weighted by molar-refractivity contribution is 0.242. The van der Waals surface area contributed by atoms with E-state index < -0.39 is 0 Å². The van der Waals surface area contributed by atoms with E-state index in [9.17, 15) is 0 Å². The van der Waals surface area contributed by atoms with Gasteiger partial charge in [-0.3, -0.25) is 0 Å². The van der Waals surface area contributed by atoms with Crippen LogP contribution in [-0.2, 0) is 13.1 Å². The maximum absolute atomic E-state index is 5.67. The second-order valence-electron chi connectivity index (χ2n) is 5.62. The molecule has 0 bridgehead atoms. The third-order valence-corrected chi connectivity index (χ3v) is 3.61. The number of benzene rings is 1. The molecule has 0 aliphatic heterocycles. The minimum absolute atomic E-state index is 0.216. The minimum Gasteiger partial charge on any atom is -0.491 e. The molecule has 0 amide bonds. The monoisotopic (exact) mass is 286 g/mol. The topological polar surface area (TPSA) is 26.2 Å². The van der Waals surface area contributed by atoms with Gasteiger partial charge in [-0.05, 0) is 57.5 Å². The molecule has 0 radical (unpaired) electrons. The van der Waals surface area contributed by atoms with E-state index >= 15 is 0 Å². The summed E-state index contributed by atoms with van der Waals surface area (Å²) in [4.78, 5) is 0. The molecule has 0 aliphatic carbocycles. The van der Waals surface area contributed by atoms with E-state index in [1.54, 1.807) is 0 Å². The van der Waals surface area contributed by atoms with E-state index in [0.717, 1.165) is 18.8 Å². The summed E-state index contributed by atoms with van der Waals surface area (Å²) in [5.74, 6) is 0.931. The molecule has 1 atom stereocenters. The molecule has 0 fully saturated rings. The summed E-state index contributed by atoms with van der Waals surface area (Å²) in [6.45, 7) is 10.3. The van der Waals surface area contributed by atoms with Gasteiger partial charge in [0.05, 0.1) is 6.10 Å². The van der Waals surface area contributed by atoms with Crippen molar-refractivity contribution in [2.24, 2.45) is 0 Å². The lowest BCUT2D eigenvalue weighted by atomic mass is 10.1. The summed E-state index contributed by atoms with van der Waals surface area (Å²) >= 11 is 0. The summed E-state index contributed by atoms with van der Waals surface area (Å²) < 4.78 is 7.94. The first kappa shape index (κ1) is 15.6. The van der Waals surface area contributed by atoms with Crippen molar-refractivity contribution in [2.45, 2.75) is 52.9 Å². The van der Waals surface area contributed by atoms with Crippen molar-refractivity contribution >= 4 is 0 Å². The number of aromatic nitrogens is 1. The normalized spacial score (nSPS) is 12.6. The highest BCUT2D eigenvalue weighted by molar-refractivity contribution is 5.29. The molecule has 2 rings (SSSR count). The van der Waals surface area contributed by atoms with Gasteiger partial charge in [-0.1, -0.05) is 12.1 Å². The lowest BCUT2D eigenvalue weighted by Gasteiger charge is -2.16. The van der Waals surface area contributed by atoms with Gasteiger partial charge in [-0.15, -0.1) is 0 Å². The largest absolute Gasteiger partial charge is 0.491 e. The number of hydrogen-bond donors (Lipinski definition) is 1. The molecular formula is C18H26N2O. The number of nitrogens with zero attached hydrogens (tertiary/aromatic N) is 1. The predicted molar refractivity (Wildman–Crippen MR) is 87.6 cm³/mol. The number of rotatable bonds is 7. The zero-order valence-electron chi connectivity index (χ0n) is 13.5. The molecule has 114 valence electrons. The Hall–Kier alpha value is -1.74. The van der Waals surface area contributed by atoms with Crippen LogP contribution in [0.15, 0.2) is 42.6 Å². The van der Waals surface area contributed by atoms with E-state index in [1.807, 2.05) is 26.0 Å². The molecule has 3 heteroatoms. The fraction of sp³-hybridized carbons (Fsp3) is 0.444. The van der Waals surface area contributed by atoms with Crippen molar-refractivity contribution in [3.63, 3.8) is 0 Å². The van der Waals surface area contributed by atoms with Gasteiger partial charge >= 0.3 is 0 Å². The van der Waals surface area contributed by atoms with E-state index in [2.05, 4.69) is 54.2 Å². The van der Waals surface area contributed by atoms with Crippen LogP contribution in [0.3, 0.4) is 0 Å². The highest BCUT2D eigenvalue weighted by atomic mass is 16.5. The zero-order valence-corrected chi connectivity index (χ0v) is 13.5. The lowest BCUT2D eigenvalue weighted by Crippen LogP contribution is -2.19. The van der Waals surface area contributed by atoms with Gasteiger partial charge in [0.2, 0.25) is 0 Å². The molecule has 3 nitrogen and oxygen atoms in total. The molecule has 0 saturated heterocycles.